The van der Waals surface area contributed by atoms with E-state index in [0.717, 1.165) is 6.54 Å². The highest BCUT2D eigenvalue weighted by Gasteiger charge is 2.10. The van der Waals surface area contributed by atoms with Crippen molar-refractivity contribution in [3.05, 3.63) is 0 Å². The van der Waals surface area contributed by atoms with Crippen LogP contribution >= 0.6 is 0 Å². The molecular formula is C9H22N2. The molecule has 0 aromatic heterocycles. The lowest BCUT2D eigenvalue weighted by atomic mass is 10.1. The molecule has 0 aromatic carbocycles. The van der Waals surface area contributed by atoms with Gasteiger partial charge in [0.15, 0.2) is 0 Å². The highest BCUT2D eigenvalue weighted by Crippen LogP contribution is 1.98. The normalized spacial score (nSPS) is 15.0. The molecule has 0 saturated carbocycles. The number of hydrogen-bond acceptors (Lipinski definition) is 2. The second kappa shape index (κ2) is 4.73. The van der Waals surface area contributed by atoms with Crippen molar-refractivity contribution < 1.29 is 0 Å². The van der Waals surface area contributed by atoms with Crippen LogP contribution in [0.2, 0.25) is 0 Å². The van der Waals surface area contributed by atoms with E-state index >= 15 is 0 Å². The van der Waals surface area contributed by atoms with Crippen molar-refractivity contribution in [2.45, 2.75) is 52.1 Å². The fourth-order valence-electron chi connectivity index (χ4n) is 0.972. The van der Waals surface area contributed by atoms with Gasteiger partial charge in [-0.15, -0.1) is 0 Å². The third-order valence-corrected chi connectivity index (χ3v) is 1.63. The van der Waals surface area contributed by atoms with E-state index in [1.54, 1.807) is 0 Å². The quantitative estimate of drug-likeness (QED) is 0.636. The zero-order valence-electron chi connectivity index (χ0n) is 8.28. The summed E-state index contributed by atoms with van der Waals surface area (Å²) in [5.74, 6) is 0. The van der Waals surface area contributed by atoms with Crippen LogP contribution in [-0.2, 0) is 0 Å². The minimum Gasteiger partial charge on any atom is -0.324 e. The van der Waals surface area contributed by atoms with Crippen molar-refractivity contribution in [3.63, 3.8) is 0 Å². The van der Waals surface area contributed by atoms with E-state index in [9.17, 15) is 0 Å². The van der Waals surface area contributed by atoms with Gasteiger partial charge >= 0.3 is 0 Å². The predicted octanol–water partition coefficient (Wildman–Crippen LogP) is 1.50. The van der Waals surface area contributed by atoms with E-state index < -0.39 is 0 Å². The lowest BCUT2D eigenvalue weighted by molar-refractivity contribution is 0.415. The van der Waals surface area contributed by atoms with Gasteiger partial charge in [-0.2, -0.15) is 0 Å². The molecule has 0 aliphatic heterocycles. The number of rotatable bonds is 5. The van der Waals surface area contributed by atoms with Crippen molar-refractivity contribution in [2.75, 3.05) is 6.54 Å². The first-order valence-corrected chi connectivity index (χ1v) is 4.48. The van der Waals surface area contributed by atoms with E-state index in [2.05, 4.69) is 19.2 Å². The Morgan fingerprint density at radius 3 is 2.36 bits per heavy atom. The van der Waals surface area contributed by atoms with Crippen molar-refractivity contribution >= 4 is 0 Å². The van der Waals surface area contributed by atoms with Gasteiger partial charge in [-0.05, 0) is 27.2 Å². The van der Waals surface area contributed by atoms with Gasteiger partial charge in [-0.1, -0.05) is 13.3 Å². The molecule has 1 unspecified atom stereocenters. The Labute approximate surface area is 70.5 Å². The SMILES string of the molecule is CCCC(C)NCC(C)(C)N. The first-order chi connectivity index (χ1) is 4.95. The maximum Gasteiger partial charge on any atom is 0.0223 e. The smallest absolute Gasteiger partial charge is 0.0223 e. The molecule has 0 bridgehead atoms. The Bertz CT molecular complexity index is 94.2. The molecule has 2 heteroatoms. The number of hydrogen-bond donors (Lipinski definition) is 2. The molecule has 0 fully saturated rings. The van der Waals surface area contributed by atoms with Crippen LogP contribution in [0.25, 0.3) is 0 Å². The molecule has 0 saturated heterocycles. The zero-order valence-corrected chi connectivity index (χ0v) is 8.28. The van der Waals surface area contributed by atoms with Crippen LogP contribution in [0.5, 0.6) is 0 Å². The molecule has 68 valence electrons. The largest absolute Gasteiger partial charge is 0.324 e. The molecule has 1 atom stereocenters. The lowest BCUT2D eigenvalue weighted by Crippen LogP contribution is -2.45. The van der Waals surface area contributed by atoms with Gasteiger partial charge in [0.05, 0.1) is 0 Å². The van der Waals surface area contributed by atoms with E-state index in [1.165, 1.54) is 12.8 Å². The number of nitrogens with two attached hydrogens (primary N) is 1. The van der Waals surface area contributed by atoms with Gasteiger partial charge in [0, 0.05) is 18.1 Å². The van der Waals surface area contributed by atoms with Gasteiger partial charge in [0.1, 0.15) is 0 Å². The second-order valence-electron chi connectivity index (χ2n) is 4.06. The van der Waals surface area contributed by atoms with Gasteiger partial charge in [0.25, 0.3) is 0 Å². The van der Waals surface area contributed by atoms with Gasteiger partial charge < -0.3 is 11.1 Å². The maximum atomic E-state index is 5.82. The summed E-state index contributed by atoms with van der Waals surface area (Å²) >= 11 is 0. The predicted molar refractivity (Wildman–Crippen MR) is 50.6 cm³/mol. The Hall–Kier alpha value is -0.0800. The summed E-state index contributed by atoms with van der Waals surface area (Å²) in [6.45, 7) is 9.38. The fraction of sp³-hybridized carbons (Fsp3) is 1.00. The summed E-state index contributed by atoms with van der Waals surface area (Å²) in [6, 6.07) is 0.600. The van der Waals surface area contributed by atoms with Crippen molar-refractivity contribution in [3.8, 4) is 0 Å². The highest BCUT2D eigenvalue weighted by atomic mass is 14.9. The average Bonchev–Trinajstić information content (AvgIpc) is 1.83. The molecule has 3 N–H and O–H groups in total. The molecule has 0 aliphatic carbocycles. The van der Waals surface area contributed by atoms with Crippen molar-refractivity contribution in [2.24, 2.45) is 5.73 Å². The first kappa shape index (κ1) is 10.9. The molecule has 11 heavy (non-hydrogen) atoms. The third-order valence-electron chi connectivity index (χ3n) is 1.63. The van der Waals surface area contributed by atoms with E-state index in [-0.39, 0.29) is 5.54 Å². The van der Waals surface area contributed by atoms with E-state index in [4.69, 9.17) is 5.73 Å². The number of nitrogens with one attached hydrogen (secondary N) is 1. The second-order valence-corrected chi connectivity index (χ2v) is 4.06. The molecule has 2 nitrogen and oxygen atoms in total. The standard InChI is InChI=1S/C9H22N2/c1-5-6-8(2)11-7-9(3,4)10/h8,11H,5-7,10H2,1-4H3. The molecule has 0 aromatic rings. The highest BCUT2D eigenvalue weighted by molar-refractivity contribution is 4.76. The van der Waals surface area contributed by atoms with Crippen LogP contribution < -0.4 is 11.1 Å². The van der Waals surface area contributed by atoms with Crippen molar-refractivity contribution in [1.29, 1.82) is 0 Å². The summed E-state index contributed by atoms with van der Waals surface area (Å²) < 4.78 is 0. The minimum absolute atomic E-state index is 0.0813. The third kappa shape index (κ3) is 7.82. The van der Waals surface area contributed by atoms with Crippen LogP contribution in [0, 0.1) is 0 Å². The summed E-state index contributed by atoms with van der Waals surface area (Å²) in [6.07, 6.45) is 2.47. The Morgan fingerprint density at radius 1 is 1.45 bits per heavy atom. The van der Waals surface area contributed by atoms with Gasteiger partial charge in [-0.25, -0.2) is 0 Å². The van der Waals surface area contributed by atoms with Crippen molar-refractivity contribution in [1.82, 2.24) is 5.32 Å². The molecule has 0 aliphatic rings. The van der Waals surface area contributed by atoms with Crippen LogP contribution in [0.4, 0.5) is 0 Å². The topological polar surface area (TPSA) is 38.0 Å². The average molecular weight is 158 g/mol. The summed E-state index contributed by atoms with van der Waals surface area (Å²) in [4.78, 5) is 0. The van der Waals surface area contributed by atoms with Gasteiger partial charge in [-0.3, -0.25) is 0 Å². The summed E-state index contributed by atoms with van der Waals surface area (Å²) in [5.41, 5.74) is 5.74. The Kier molecular flexibility index (Phi) is 4.69. The van der Waals surface area contributed by atoms with E-state index in [1.807, 2.05) is 13.8 Å². The molecule has 0 spiro atoms. The maximum absolute atomic E-state index is 5.82. The first-order valence-electron chi connectivity index (χ1n) is 4.48. The Balaban J connectivity index is 3.38. The molecule has 0 amide bonds. The zero-order chi connectivity index (χ0) is 8.91. The molecule has 0 radical (unpaired) electrons. The summed E-state index contributed by atoms with van der Waals surface area (Å²) in [5, 5.41) is 3.40. The Morgan fingerprint density at radius 2 is 2.00 bits per heavy atom. The monoisotopic (exact) mass is 158 g/mol. The van der Waals surface area contributed by atoms with Crippen LogP contribution in [-0.4, -0.2) is 18.1 Å². The molecule has 0 heterocycles. The molecular weight excluding hydrogens is 136 g/mol. The van der Waals surface area contributed by atoms with Crippen LogP contribution in [0.15, 0.2) is 0 Å². The fourth-order valence-corrected chi connectivity index (χ4v) is 0.972. The van der Waals surface area contributed by atoms with Crippen LogP contribution in [0.1, 0.15) is 40.5 Å². The lowest BCUT2D eigenvalue weighted by Gasteiger charge is -2.22. The van der Waals surface area contributed by atoms with E-state index in [0.29, 0.717) is 6.04 Å². The minimum atomic E-state index is -0.0813. The van der Waals surface area contributed by atoms with Crippen LogP contribution in [0.3, 0.4) is 0 Å². The summed E-state index contributed by atoms with van der Waals surface area (Å²) in [7, 11) is 0. The van der Waals surface area contributed by atoms with Gasteiger partial charge in [0.2, 0.25) is 0 Å². The molecule has 0 rings (SSSR count).